The first kappa shape index (κ1) is 12.2. The normalized spacial score (nSPS) is 20.2. The largest absolute Gasteiger partial charge is 0.294 e. The second kappa shape index (κ2) is 4.55. The first-order chi connectivity index (χ1) is 7.98. The molecule has 0 heterocycles. The summed E-state index contributed by atoms with van der Waals surface area (Å²) in [6, 6.07) is 7.35. The summed E-state index contributed by atoms with van der Waals surface area (Å²) >= 11 is 0. The average molecular weight is 238 g/mol. The maximum atomic E-state index is 13.0. The zero-order valence-electron chi connectivity index (χ0n) is 9.88. The highest BCUT2D eigenvalue weighted by Crippen LogP contribution is 2.37. The quantitative estimate of drug-likeness (QED) is 0.712. The third kappa shape index (κ3) is 2.90. The van der Waals surface area contributed by atoms with Crippen molar-refractivity contribution >= 4 is 5.78 Å². The number of halogens is 2. The highest BCUT2D eigenvalue weighted by molar-refractivity contribution is 5.98. The Hall–Kier alpha value is -1.25. The number of aryl methyl sites for hydroxylation is 1. The second-order valence-corrected chi connectivity index (χ2v) is 4.86. The van der Waals surface area contributed by atoms with E-state index < -0.39 is 5.92 Å². The highest BCUT2D eigenvalue weighted by Gasteiger charge is 2.37. The number of hydrogen-bond acceptors (Lipinski definition) is 1. The van der Waals surface area contributed by atoms with E-state index in [0.717, 1.165) is 5.56 Å². The molecule has 1 saturated carbocycles. The third-order valence-corrected chi connectivity index (χ3v) is 3.39. The van der Waals surface area contributed by atoms with Gasteiger partial charge in [0.1, 0.15) is 0 Å². The summed E-state index contributed by atoms with van der Waals surface area (Å²) < 4.78 is 26.0. The number of benzene rings is 1. The van der Waals surface area contributed by atoms with Crippen molar-refractivity contribution < 1.29 is 13.6 Å². The first-order valence-electron chi connectivity index (χ1n) is 5.97. The third-order valence-electron chi connectivity index (χ3n) is 3.39. The van der Waals surface area contributed by atoms with Gasteiger partial charge >= 0.3 is 0 Å². The zero-order valence-corrected chi connectivity index (χ0v) is 9.88. The summed E-state index contributed by atoms with van der Waals surface area (Å²) in [6.07, 6.45) is 0.296. The molecule has 0 spiro atoms. The van der Waals surface area contributed by atoms with Gasteiger partial charge in [-0.3, -0.25) is 4.79 Å². The van der Waals surface area contributed by atoms with Crippen molar-refractivity contribution in [1.29, 1.82) is 0 Å². The average Bonchev–Trinajstić information content (AvgIpc) is 2.28. The van der Waals surface area contributed by atoms with Gasteiger partial charge in [0.25, 0.3) is 0 Å². The standard InChI is InChI=1S/C14H16F2O/c1-10-3-2-4-12(9-10)13(17)11-5-7-14(15,16)8-6-11/h2-4,9,11H,5-8H2,1H3. The molecule has 1 aliphatic carbocycles. The fourth-order valence-corrected chi connectivity index (χ4v) is 2.34. The first-order valence-corrected chi connectivity index (χ1v) is 5.97. The van der Waals surface area contributed by atoms with E-state index in [-0.39, 0.29) is 24.5 Å². The van der Waals surface area contributed by atoms with E-state index in [1.165, 1.54) is 0 Å². The summed E-state index contributed by atoms with van der Waals surface area (Å²) in [5.74, 6) is -2.77. The lowest BCUT2D eigenvalue weighted by molar-refractivity contribution is -0.0424. The minimum atomic E-state index is -2.57. The lowest BCUT2D eigenvalue weighted by Crippen LogP contribution is -2.28. The SMILES string of the molecule is Cc1cccc(C(=O)C2CCC(F)(F)CC2)c1. The maximum absolute atomic E-state index is 13.0. The van der Waals surface area contributed by atoms with E-state index in [1.54, 1.807) is 6.07 Å². The van der Waals surface area contributed by atoms with Crippen LogP contribution in [-0.2, 0) is 0 Å². The fraction of sp³-hybridized carbons (Fsp3) is 0.500. The van der Waals surface area contributed by atoms with Crippen LogP contribution in [0.25, 0.3) is 0 Å². The Kier molecular flexibility index (Phi) is 3.27. The van der Waals surface area contributed by atoms with Gasteiger partial charge in [0.2, 0.25) is 5.92 Å². The molecule has 0 aromatic heterocycles. The molecular formula is C14H16F2O. The van der Waals surface area contributed by atoms with Crippen LogP contribution in [0.1, 0.15) is 41.6 Å². The van der Waals surface area contributed by atoms with Gasteiger partial charge in [-0.2, -0.15) is 0 Å². The lowest BCUT2D eigenvalue weighted by atomic mass is 9.82. The molecule has 1 aromatic carbocycles. The van der Waals surface area contributed by atoms with Crippen molar-refractivity contribution in [2.24, 2.45) is 5.92 Å². The van der Waals surface area contributed by atoms with Crippen molar-refractivity contribution in [1.82, 2.24) is 0 Å². The van der Waals surface area contributed by atoms with Crippen LogP contribution in [0.15, 0.2) is 24.3 Å². The number of carbonyl (C=O) groups is 1. The molecule has 0 aliphatic heterocycles. The van der Waals surface area contributed by atoms with E-state index in [2.05, 4.69) is 0 Å². The molecule has 0 amide bonds. The molecule has 2 rings (SSSR count). The van der Waals surface area contributed by atoms with Crippen LogP contribution >= 0.6 is 0 Å². The lowest BCUT2D eigenvalue weighted by Gasteiger charge is -2.27. The number of hydrogen-bond donors (Lipinski definition) is 0. The number of ketones is 1. The monoisotopic (exact) mass is 238 g/mol. The fourth-order valence-electron chi connectivity index (χ4n) is 2.34. The molecule has 1 fully saturated rings. The minimum Gasteiger partial charge on any atom is -0.294 e. The summed E-state index contributed by atoms with van der Waals surface area (Å²) in [4.78, 5) is 12.1. The van der Waals surface area contributed by atoms with Crippen LogP contribution in [0.3, 0.4) is 0 Å². The van der Waals surface area contributed by atoms with Crippen LogP contribution < -0.4 is 0 Å². The van der Waals surface area contributed by atoms with Crippen LogP contribution in [0.5, 0.6) is 0 Å². The van der Waals surface area contributed by atoms with E-state index in [1.807, 2.05) is 25.1 Å². The van der Waals surface area contributed by atoms with E-state index in [4.69, 9.17) is 0 Å². The Labute approximate surface area is 99.8 Å². The maximum Gasteiger partial charge on any atom is 0.248 e. The second-order valence-electron chi connectivity index (χ2n) is 4.86. The van der Waals surface area contributed by atoms with Crippen molar-refractivity contribution in [2.45, 2.75) is 38.5 Å². The summed E-state index contributed by atoms with van der Waals surface area (Å²) in [5, 5.41) is 0. The predicted octanol–water partition coefficient (Wildman–Crippen LogP) is 4.00. The van der Waals surface area contributed by atoms with E-state index >= 15 is 0 Å². The van der Waals surface area contributed by atoms with Crippen LogP contribution in [0.4, 0.5) is 8.78 Å². The van der Waals surface area contributed by atoms with Crippen molar-refractivity contribution in [3.63, 3.8) is 0 Å². The van der Waals surface area contributed by atoms with Crippen molar-refractivity contribution in [3.8, 4) is 0 Å². The molecule has 92 valence electrons. The number of carbonyl (C=O) groups excluding carboxylic acids is 1. The van der Waals surface area contributed by atoms with Gasteiger partial charge < -0.3 is 0 Å². The van der Waals surface area contributed by atoms with Gasteiger partial charge in [0.15, 0.2) is 5.78 Å². The molecule has 1 nitrogen and oxygen atoms in total. The minimum absolute atomic E-state index is 0.0178. The van der Waals surface area contributed by atoms with Gasteiger partial charge in [0.05, 0.1) is 0 Å². The topological polar surface area (TPSA) is 17.1 Å². The highest BCUT2D eigenvalue weighted by atomic mass is 19.3. The Balaban J connectivity index is 2.07. The molecule has 0 N–H and O–H groups in total. The Morgan fingerprint density at radius 3 is 2.53 bits per heavy atom. The van der Waals surface area contributed by atoms with Crippen LogP contribution in [-0.4, -0.2) is 11.7 Å². The molecule has 0 saturated heterocycles. The van der Waals surface area contributed by atoms with Gasteiger partial charge in [-0.25, -0.2) is 8.78 Å². The molecule has 0 bridgehead atoms. The Morgan fingerprint density at radius 1 is 1.29 bits per heavy atom. The smallest absolute Gasteiger partial charge is 0.248 e. The van der Waals surface area contributed by atoms with Gasteiger partial charge in [0, 0.05) is 24.3 Å². The molecule has 0 atom stereocenters. The van der Waals surface area contributed by atoms with Gasteiger partial charge in [-0.05, 0) is 25.8 Å². The molecule has 0 radical (unpaired) electrons. The zero-order chi connectivity index (χ0) is 12.5. The van der Waals surface area contributed by atoms with Gasteiger partial charge in [-0.1, -0.05) is 23.8 Å². The number of alkyl halides is 2. The molecular weight excluding hydrogens is 222 g/mol. The Morgan fingerprint density at radius 2 is 1.94 bits per heavy atom. The number of Topliss-reactive ketones (excluding diaryl/α,β-unsaturated/α-hetero) is 1. The summed E-state index contributed by atoms with van der Waals surface area (Å²) in [6.45, 7) is 1.92. The molecule has 3 heteroatoms. The summed E-state index contributed by atoms with van der Waals surface area (Å²) in [7, 11) is 0. The van der Waals surface area contributed by atoms with Crippen molar-refractivity contribution in [2.75, 3.05) is 0 Å². The predicted molar refractivity (Wildman–Crippen MR) is 62.4 cm³/mol. The van der Waals surface area contributed by atoms with Gasteiger partial charge in [-0.15, -0.1) is 0 Å². The Bertz CT molecular complexity index is 416. The van der Waals surface area contributed by atoms with Crippen molar-refractivity contribution in [3.05, 3.63) is 35.4 Å². The van der Waals surface area contributed by atoms with E-state index in [0.29, 0.717) is 18.4 Å². The molecule has 1 aliphatic rings. The molecule has 1 aromatic rings. The summed E-state index contributed by atoms with van der Waals surface area (Å²) in [5.41, 5.74) is 1.68. The van der Waals surface area contributed by atoms with Crippen LogP contribution in [0.2, 0.25) is 0 Å². The number of rotatable bonds is 2. The van der Waals surface area contributed by atoms with Crippen LogP contribution in [0, 0.1) is 12.8 Å². The molecule has 0 unspecified atom stereocenters. The van der Waals surface area contributed by atoms with E-state index in [9.17, 15) is 13.6 Å². The molecule has 17 heavy (non-hydrogen) atoms.